The highest BCUT2D eigenvalue weighted by atomic mass is 19.1. The Labute approximate surface area is 115 Å². The van der Waals surface area contributed by atoms with Gasteiger partial charge in [0.1, 0.15) is 5.82 Å². The number of likely N-dealkylation sites (N-methyl/N-ethyl adjacent to an activating group) is 1. The summed E-state index contributed by atoms with van der Waals surface area (Å²) in [5, 5.41) is 0. The monoisotopic (exact) mass is 265 g/mol. The third kappa shape index (κ3) is 4.56. The second-order valence-corrected chi connectivity index (χ2v) is 5.46. The predicted octanol–water partition coefficient (Wildman–Crippen LogP) is 1.81. The highest BCUT2D eigenvalue weighted by molar-refractivity contribution is 5.24. The van der Waals surface area contributed by atoms with Crippen LogP contribution in [0.5, 0.6) is 0 Å². The van der Waals surface area contributed by atoms with Crippen molar-refractivity contribution in [3.63, 3.8) is 0 Å². The van der Waals surface area contributed by atoms with Gasteiger partial charge >= 0.3 is 0 Å². The first-order chi connectivity index (χ1) is 9.17. The van der Waals surface area contributed by atoms with Gasteiger partial charge in [0.05, 0.1) is 0 Å². The molecule has 0 aromatic heterocycles. The zero-order chi connectivity index (χ0) is 13.7. The molecule has 1 heterocycles. The summed E-state index contributed by atoms with van der Waals surface area (Å²) < 4.78 is 13.4. The number of nitrogens with two attached hydrogens (primary N) is 1. The van der Waals surface area contributed by atoms with Crippen LogP contribution in [0.3, 0.4) is 0 Å². The van der Waals surface area contributed by atoms with Crippen LogP contribution in [0.25, 0.3) is 0 Å². The van der Waals surface area contributed by atoms with E-state index < -0.39 is 0 Å². The van der Waals surface area contributed by atoms with Crippen molar-refractivity contribution >= 4 is 0 Å². The van der Waals surface area contributed by atoms with Gasteiger partial charge in [-0.05, 0) is 56.2 Å². The summed E-state index contributed by atoms with van der Waals surface area (Å²) in [4.78, 5) is 4.74. The van der Waals surface area contributed by atoms with Crippen molar-refractivity contribution < 1.29 is 4.39 Å². The van der Waals surface area contributed by atoms with Crippen LogP contribution in [-0.4, -0.2) is 43.0 Å². The molecular weight excluding hydrogens is 241 g/mol. The van der Waals surface area contributed by atoms with E-state index in [0.29, 0.717) is 6.54 Å². The Hall–Kier alpha value is -0.970. The lowest BCUT2D eigenvalue weighted by Gasteiger charge is -2.21. The second-order valence-electron chi connectivity index (χ2n) is 5.46. The van der Waals surface area contributed by atoms with Gasteiger partial charge in [0.25, 0.3) is 0 Å². The molecule has 0 bridgehead atoms. The van der Waals surface area contributed by atoms with Crippen LogP contribution >= 0.6 is 0 Å². The van der Waals surface area contributed by atoms with Crippen LogP contribution < -0.4 is 5.73 Å². The molecule has 0 amide bonds. The Balaban J connectivity index is 1.83. The average Bonchev–Trinajstić information content (AvgIpc) is 2.88. The molecule has 0 atom stereocenters. The van der Waals surface area contributed by atoms with Gasteiger partial charge in [0, 0.05) is 26.2 Å². The molecule has 0 spiro atoms. The minimum atomic E-state index is -0.189. The van der Waals surface area contributed by atoms with Crippen molar-refractivity contribution in [3.05, 3.63) is 35.1 Å². The summed E-state index contributed by atoms with van der Waals surface area (Å²) in [6.45, 7) is 5.75. The molecular formula is C15H24FN3. The van der Waals surface area contributed by atoms with Gasteiger partial charge in [-0.1, -0.05) is 6.07 Å². The molecule has 1 aliphatic rings. The summed E-state index contributed by atoms with van der Waals surface area (Å²) in [5.41, 5.74) is 7.44. The van der Waals surface area contributed by atoms with Gasteiger partial charge in [-0.2, -0.15) is 0 Å². The topological polar surface area (TPSA) is 32.5 Å². The van der Waals surface area contributed by atoms with Crippen LogP contribution in [0.2, 0.25) is 0 Å². The van der Waals surface area contributed by atoms with E-state index in [-0.39, 0.29) is 5.82 Å². The fourth-order valence-corrected chi connectivity index (χ4v) is 2.64. The molecule has 0 radical (unpaired) electrons. The first-order valence-corrected chi connectivity index (χ1v) is 7.06. The molecule has 2 N–H and O–H groups in total. The van der Waals surface area contributed by atoms with Gasteiger partial charge in [0.15, 0.2) is 0 Å². The minimum absolute atomic E-state index is 0.189. The summed E-state index contributed by atoms with van der Waals surface area (Å²) in [6, 6.07) is 5.11. The first-order valence-electron chi connectivity index (χ1n) is 7.06. The SMILES string of the molecule is CN(CCN1CCCC1)Cc1cc(F)cc(CN)c1. The lowest BCUT2D eigenvalue weighted by molar-refractivity contribution is 0.252. The maximum absolute atomic E-state index is 13.4. The smallest absolute Gasteiger partial charge is 0.123 e. The number of hydrogen-bond donors (Lipinski definition) is 1. The number of halogens is 1. The van der Waals surface area contributed by atoms with Crippen molar-refractivity contribution in [2.45, 2.75) is 25.9 Å². The van der Waals surface area contributed by atoms with Gasteiger partial charge in [-0.3, -0.25) is 0 Å². The van der Waals surface area contributed by atoms with E-state index in [1.807, 2.05) is 6.07 Å². The number of rotatable bonds is 6. The lowest BCUT2D eigenvalue weighted by Crippen LogP contribution is -2.31. The quantitative estimate of drug-likeness (QED) is 0.851. The number of benzene rings is 1. The van der Waals surface area contributed by atoms with E-state index in [9.17, 15) is 4.39 Å². The molecule has 4 heteroatoms. The molecule has 1 fully saturated rings. The van der Waals surface area contributed by atoms with E-state index in [4.69, 9.17) is 5.73 Å². The molecule has 19 heavy (non-hydrogen) atoms. The summed E-state index contributed by atoms with van der Waals surface area (Å²) >= 11 is 0. The first kappa shape index (κ1) is 14.4. The van der Waals surface area contributed by atoms with Crippen LogP contribution in [0, 0.1) is 5.82 Å². The predicted molar refractivity (Wildman–Crippen MR) is 76.3 cm³/mol. The molecule has 1 saturated heterocycles. The van der Waals surface area contributed by atoms with E-state index in [1.54, 1.807) is 6.07 Å². The van der Waals surface area contributed by atoms with Gasteiger partial charge < -0.3 is 15.5 Å². The Bertz CT molecular complexity index is 402. The van der Waals surface area contributed by atoms with Gasteiger partial charge in [-0.25, -0.2) is 4.39 Å². The summed E-state index contributed by atoms with van der Waals surface area (Å²) in [6.07, 6.45) is 2.65. The molecule has 1 aliphatic heterocycles. The van der Waals surface area contributed by atoms with E-state index in [2.05, 4.69) is 16.8 Å². The Morgan fingerprint density at radius 3 is 2.58 bits per heavy atom. The van der Waals surface area contributed by atoms with Crippen LogP contribution in [-0.2, 0) is 13.1 Å². The summed E-state index contributed by atoms with van der Waals surface area (Å²) in [7, 11) is 2.09. The zero-order valence-electron chi connectivity index (χ0n) is 11.7. The van der Waals surface area contributed by atoms with Gasteiger partial charge in [0.2, 0.25) is 0 Å². The van der Waals surface area contributed by atoms with Crippen molar-refractivity contribution in [1.82, 2.24) is 9.80 Å². The standard InChI is InChI=1S/C15H24FN3/c1-18(6-7-19-4-2-3-5-19)12-14-8-13(11-17)9-15(16)10-14/h8-10H,2-7,11-12,17H2,1H3. The number of likely N-dealkylation sites (tertiary alicyclic amines) is 1. The Morgan fingerprint density at radius 1 is 1.21 bits per heavy atom. The minimum Gasteiger partial charge on any atom is -0.326 e. The average molecular weight is 265 g/mol. The fourth-order valence-electron chi connectivity index (χ4n) is 2.64. The van der Waals surface area contributed by atoms with Gasteiger partial charge in [-0.15, -0.1) is 0 Å². The largest absolute Gasteiger partial charge is 0.326 e. The van der Waals surface area contributed by atoms with E-state index in [1.165, 1.54) is 32.0 Å². The second kappa shape index (κ2) is 6.98. The fraction of sp³-hybridized carbons (Fsp3) is 0.600. The lowest BCUT2D eigenvalue weighted by atomic mass is 10.1. The molecule has 3 nitrogen and oxygen atoms in total. The zero-order valence-corrected chi connectivity index (χ0v) is 11.7. The Morgan fingerprint density at radius 2 is 1.89 bits per heavy atom. The molecule has 2 rings (SSSR count). The number of hydrogen-bond acceptors (Lipinski definition) is 3. The molecule has 0 unspecified atom stereocenters. The molecule has 0 aliphatic carbocycles. The number of nitrogens with zero attached hydrogens (tertiary/aromatic N) is 2. The van der Waals surface area contributed by atoms with Crippen molar-refractivity contribution in [2.24, 2.45) is 5.73 Å². The highest BCUT2D eigenvalue weighted by Crippen LogP contribution is 2.11. The Kier molecular flexibility index (Phi) is 5.31. The maximum atomic E-state index is 13.4. The third-order valence-corrected chi connectivity index (χ3v) is 3.70. The third-order valence-electron chi connectivity index (χ3n) is 3.70. The van der Waals surface area contributed by atoms with Crippen LogP contribution in [0.1, 0.15) is 24.0 Å². The molecule has 1 aromatic rings. The molecule has 1 aromatic carbocycles. The van der Waals surface area contributed by atoms with Crippen LogP contribution in [0.4, 0.5) is 4.39 Å². The maximum Gasteiger partial charge on any atom is 0.123 e. The van der Waals surface area contributed by atoms with Crippen LogP contribution in [0.15, 0.2) is 18.2 Å². The van der Waals surface area contributed by atoms with Crippen molar-refractivity contribution in [3.8, 4) is 0 Å². The molecule has 106 valence electrons. The molecule has 0 saturated carbocycles. The van der Waals surface area contributed by atoms with E-state index in [0.717, 1.165) is 30.8 Å². The normalized spacial score (nSPS) is 16.4. The van der Waals surface area contributed by atoms with E-state index >= 15 is 0 Å². The highest BCUT2D eigenvalue weighted by Gasteiger charge is 2.12. The van der Waals surface area contributed by atoms with Crippen molar-refractivity contribution in [1.29, 1.82) is 0 Å². The summed E-state index contributed by atoms with van der Waals surface area (Å²) in [5.74, 6) is -0.189. The van der Waals surface area contributed by atoms with Crippen molar-refractivity contribution in [2.75, 3.05) is 33.2 Å².